The van der Waals surface area contributed by atoms with Crippen LogP contribution in [0.2, 0.25) is 0 Å². The number of piperidine rings is 1. The van der Waals surface area contributed by atoms with Gasteiger partial charge in [-0.25, -0.2) is 0 Å². The molecule has 1 aliphatic heterocycles. The highest BCUT2D eigenvalue weighted by Gasteiger charge is 2.25. The molecule has 0 spiro atoms. The van der Waals surface area contributed by atoms with E-state index < -0.39 is 0 Å². The highest BCUT2D eigenvalue weighted by molar-refractivity contribution is 9.10. The van der Waals surface area contributed by atoms with Gasteiger partial charge in [0.1, 0.15) is 0 Å². The van der Waals surface area contributed by atoms with Gasteiger partial charge in [0.2, 0.25) is 0 Å². The van der Waals surface area contributed by atoms with Crippen LogP contribution in [0.15, 0.2) is 95.0 Å². The Morgan fingerprint density at radius 3 is 2.24 bits per heavy atom. The fourth-order valence-corrected chi connectivity index (χ4v) is 4.86. The molecular weight excluding hydrogens is 482 g/mol. The molecule has 0 unspecified atom stereocenters. The topological polar surface area (TPSA) is 18.5 Å². The lowest BCUT2D eigenvalue weighted by Gasteiger charge is -2.40. The van der Waals surface area contributed by atoms with Crippen LogP contribution in [0.5, 0.6) is 0 Å². The standard InChI is InChI=1S/C30H36BrN3/c1-24(2)16-19-32-28-12-14-29(15-13-28)34(23-25-6-4-3-5-7-25)30-17-20-33(21-18-30)22-26-8-10-27(31)11-9-26/h3-16,30,32H,17-23H2,1-2H3. The lowest BCUT2D eigenvalue weighted by atomic mass is 10.0. The molecule has 1 aliphatic rings. The SMILES string of the molecule is CC(C)=CCNc1ccc(N(Cc2ccccc2)C2CCN(Cc3ccc(Br)cc3)CC2)cc1. The van der Waals surface area contributed by atoms with Crippen molar-refractivity contribution >= 4 is 27.3 Å². The minimum absolute atomic E-state index is 0.547. The lowest BCUT2D eigenvalue weighted by Crippen LogP contribution is -2.44. The number of nitrogens with zero attached hydrogens (tertiary/aromatic N) is 2. The quantitative estimate of drug-likeness (QED) is 0.296. The molecule has 0 aromatic heterocycles. The first kappa shape index (κ1) is 24.6. The summed E-state index contributed by atoms with van der Waals surface area (Å²) in [6, 6.07) is 29.1. The van der Waals surface area contributed by atoms with Crippen molar-refractivity contribution in [1.82, 2.24) is 4.90 Å². The third kappa shape index (κ3) is 7.22. The highest BCUT2D eigenvalue weighted by Crippen LogP contribution is 2.28. The Hall–Kier alpha value is -2.56. The van der Waals surface area contributed by atoms with Crippen LogP contribution in [-0.4, -0.2) is 30.6 Å². The Bertz CT molecular complexity index is 1030. The second-order valence-corrected chi connectivity index (χ2v) is 10.4. The molecule has 0 bridgehead atoms. The van der Waals surface area contributed by atoms with Crippen molar-refractivity contribution in [2.45, 2.75) is 45.8 Å². The summed E-state index contributed by atoms with van der Waals surface area (Å²) in [6.45, 7) is 9.38. The molecule has 1 heterocycles. The maximum atomic E-state index is 3.54. The summed E-state index contributed by atoms with van der Waals surface area (Å²) < 4.78 is 1.14. The lowest BCUT2D eigenvalue weighted by molar-refractivity contribution is 0.201. The minimum atomic E-state index is 0.547. The van der Waals surface area contributed by atoms with Crippen molar-refractivity contribution in [2.75, 3.05) is 29.9 Å². The number of hydrogen-bond acceptors (Lipinski definition) is 3. The molecule has 3 aromatic carbocycles. The molecule has 3 aromatic rings. The molecule has 4 heteroatoms. The van der Waals surface area contributed by atoms with Gasteiger partial charge in [-0.2, -0.15) is 0 Å². The van der Waals surface area contributed by atoms with E-state index in [-0.39, 0.29) is 0 Å². The number of rotatable bonds is 9. The van der Waals surface area contributed by atoms with Gasteiger partial charge in [-0.15, -0.1) is 0 Å². The molecular formula is C30H36BrN3. The third-order valence-corrected chi connectivity index (χ3v) is 7.06. The van der Waals surface area contributed by atoms with E-state index in [0.29, 0.717) is 6.04 Å². The summed E-state index contributed by atoms with van der Waals surface area (Å²) in [5.74, 6) is 0. The van der Waals surface area contributed by atoms with Gasteiger partial charge in [-0.05, 0) is 74.2 Å². The number of anilines is 2. The first-order chi connectivity index (χ1) is 16.6. The van der Waals surface area contributed by atoms with Gasteiger partial charge in [0.15, 0.2) is 0 Å². The third-order valence-electron chi connectivity index (χ3n) is 6.53. The van der Waals surface area contributed by atoms with Crippen LogP contribution in [0.1, 0.15) is 37.8 Å². The molecule has 178 valence electrons. The van der Waals surface area contributed by atoms with E-state index in [2.05, 4.69) is 130 Å². The fourth-order valence-electron chi connectivity index (χ4n) is 4.59. The van der Waals surface area contributed by atoms with Gasteiger partial charge in [-0.1, -0.05) is 70.0 Å². The van der Waals surface area contributed by atoms with Crippen molar-refractivity contribution in [3.8, 4) is 0 Å². The number of nitrogens with one attached hydrogen (secondary N) is 1. The Morgan fingerprint density at radius 1 is 0.912 bits per heavy atom. The predicted octanol–water partition coefficient (Wildman–Crippen LogP) is 7.50. The average molecular weight is 519 g/mol. The van der Waals surface area contributed by atoms with Gasteiger partial charge >= 0.3 is 0 Å². The number of allylic oxidation sites excluding steroid dienone is 1. The Kier molecular flexibility index (Phi) is 8.84. The predicted molar refractivity (Wildman–Crippen MR) is 149 cm³/mol. The number of halogens is 1. The maximum Gasteiger partial charge on any atom is 0.0432 e. The number of likely N-dealkylation sites (tertiary alicyclic amines) is 1. The van der Waals surface area contributed by atoms with Gasteiger partial charge in [0.25, 0.3) is 0 Å². The number of benzene rings is 3. The van der Waals surface area contributed by atoms with Crippen LogP contribution in [0, 0.1) is 0 Å². The second-order valence-electron chi connectivity index (χ2n) is 9.46. The molecule has 0 amide bonds. The van der Waals surface area contributed by atoms with Crippen LogP contribution in [0.25, 0.3) is 0 Å². The minimum Gasteiger partial charge on any atom is -0.382 e. The zero-order chi connectivity index (χ0) is 23.8. The van der Waals surface area contributed by atoms with Crippen molar-refractivity contribution in [1.29, 1.82) is 0 Å². The second kappa shape index (κ2) is 12.2. The van der Waals surface area contributed by atoms with Crippen molar-refractivity contribution in [3.63, 3.8) is 0 Å². The Balaban J connectivity index is 1.43. The monoisotopic (exact) mass is 517 g/mol. The van der Waals surface area contributed by atoms with Crippen LogP contribution in [0.3, 0.4) is 0 Å². The summed E-state index contributed by atoms with van der Waals surface area (Å²) in [5.41, 5.74) is 6.57. The van der Waals surface area contributed by atoms with Gasteiger partial charge in [0, 0.05) is 54.6 Å². The largest absolute Gasteiger partial charge is 0.382 e. The summed E-state index contributed by atoms with van der Waals surface area (Å²) in [6.07, 6.45) is 4.59. The van der Waals surface area contributed by atoms with E-state index in [4.69, 9.17) is 0 Å². The fraction of sp³-hybridized carbons (Fsp3) is 0.333. The first-order valence-electron chi connectivity index (χ1n) is 12.3. The van der Waals surface area contributed by atoms with Crippen LogP contribution in [-0.2, 0) is 13.1 Å². The van der Waals surface area contributed by atoms with E-state index in [0.717, 1.165) is 37.2 Å². The molecule has 1 saturated heterocycles. The Morgan fingerprint density at radius 2 is 1.59 bits per heavy atom. The zero-order valence-corrected chi connectivity index (χ0v) is 22.0. The smallest absolute Gasteiger partial charge is 0.0432 e. The molecule has 1 fully saturated rings. The summed E-state index contributed by atoms with van der Waals surface area (Å²) in [7, 11) is 0. The van der Waals surface area contributed by atoms with Crippen LogP contribution in [0.4, 0.5) is 11.4 Å². The molecule has 34 heavy (non-hydrogen) atoms. The van der Waals surface area contributed by atoms with Crippen LogP contribution >= 0.6 is 15.9 Å². The van der Waals surface area contributed by atoms with E-state index in [1.54, 1.807) is 0 Å². The highest BCUT2D eigenvalue weighted by atomic mass is 79.9. The summed E-state index contributed by atoms with van der Waals surface area (Å²) in [5, 5.41) is 3.50. The van der Waals surface area contributed by atoms with Gasteiger partial charge in [-0.3, -0.25) is 4.90 Å². The van der Waals surface area contributed by atoms with Crippen molar-refractivity contribution in [3.05, 3.63) is 106 Å². The van der Waals surface area contributed by atoms with Crippen LogP contribution < -0.4 is 10.2 Å². The molecule has 3 nitrogen and oxygen atoms in total. The maximum absolute atomic E-state index is 3.54. The van der Waals surface area contributed by atoms with E-state index in [1.807, 2.05) is 0 Å². The average Bonchev–Trinajstić information content (AvgIpc) is 2.86. The molecule has 0 aliphatic carbocycles. The van der Waals surface area contributed by atoms with Gasteiger partial charge < -0.3 is 10.2 Å². The molecule has 1 N–H and O–H groups in total. The molecule has 4 rings (SSSR count). The zero-order valence-electron chi connectivity index (χ0n) is 20.4. The summed E-state index contributed by atoms with van der Waals surface area (Å²) >= 11 is 3.54. The molecule has 0 atom stereocenters. The molecule has 0 radical (unpaired) electrons. The van der Waals surface area contributed by atoms with E-state index in [1.165, 1.54) is 40.9 Å². The summed E-state index contributed by atoms with van der Waals surface area (Å²) in [4.78, 5) is 5.21. The van der Waals surface area contributed by atoms with E-state index >= 15 is 0 Å². The van der Waals surface area contributed by atoms with Crippen molar-refractivity contribution in [2.24, 2.45) is 0 Å². The number of hydrogen-bond donors (Lipinski definition) is 1. The molecule has 0 saturated carbocycles. The normalized spacial score (nSPS) is 14.6. The first-order valence-corrected chi connectivity index (χ1v) is 13.1. The Labute approximate surface area is 213 Å². The van der Waals surface area contributed by atoms with Crippen molar-refractivity contribution < 1.29 is 0 Å². The van der Waals surface area contributed by atoms with Gasteiger partial charge in [0.05, 0.1) is 0 Å². The van der Waals surface area contributed by atoms with E-state index in [9.17, 15) is 0 Å².